The molecule has 2 heterocycles. The quantitative estimate of drug-likeness (QED) is 0.739. The SMILES string of the molecule is COc1cc(C(=O)NCC(c2cccs2)N2CCCC2)ccc1OC(C)C. The maximum Gasteiger partial charge on any atom is 0.251 e. The zero-order valence-corrected chi connectivity index (χ0v) is 17.1. The van der Waals surface area contributed by atoms with E-state index >= 15 is 0 Å². The van der Waals surface area contributed by atoms with Gasteiger partial charge in [0.2, 0.25) is 0 Å². The van der Waals surface area contributed by atoms with E-state index in [4.69, 9.17) is 9.47 Å². The minimum Gasteiger partial charge on any atom is -0.493 e. The smallest absolute Gasteiger partial charge is 0.251 e. The van der Waals surface area contributed by atoms with Crippen LogP contribution in [0.5, 0.6) is 11.5 Å². The van der Waals surface area contributed by atoms with Gasteiger partial charge in [-0.25, -0.2) is 0 Å². The number of amides is 1. The largest absolute Gasteiger partial charge is 0.493 e. The van der Waals surface area contributed by atoms with Crippen LogP contribution < -0.4 is 14.8 Å². The van der Waals surface area contributed by atoms with E-state index in [1.165, 1.54) is 17.7 Å². The molecule has 27 heavy (non-hydrogen) atoms. The van der Waals surface area contributed by atoms with E-state index in [0.717, 1.165) is 13.1 Å². The number of carbonyl (C=O) groups is 1. The molecule has 0 radical (unpaired) electrons. The Labute approximate surface area is 165 Å². The molecule has 1 saturated heterocycles. The minimum absolute atomic E-state index is 0.0468. The first kappa shape index (κ1) is 19.7. The van der Waals surface area contributed by atoms with Crippen LogP contribution in [0.25, 0.3) is 0 Å². The lowest BCUT2D eigenvalue weighted by molar-refractivity contribution is 0.0938. The van der Waals surface area contributed by atoms with E-state index in [1.807, 2.05) is 13.8 Å². The molecular weight excluding hydrogens is 360 g/mol. The van der Waals surface area contributed by atoms with Crippen LogP contribution in [-0.2, 0) is 0 Å². The number of nitrogens with one attached hydrogen (secondary N) is 1. The second-order valence-corrected chi connectivity index (χ2v) is 8.00. The average molecular weight is 389 g/mol. The lowest BCUT2D eigenvalue weighted by Crippen LogP contribution is -2.36. The number of thiophene rings is 1. The molecule has 1 aromatic heterocycles. The molecule has 1 unspecified atom stereocenters. The van der Waals surface area contributed by atoms with Crippen molar-refractivity contribution in [2.45, 2.75) is 38.8 Å². The van der Waals surface area contributed by atoms with E-state index in [-0.39, 0.29) is 18.1 Å². The lowest BCUT2D eigenvalue weighted by atomic mass is 10.1. The first-order valence-corrected chi connectivity index (χ1v) is 10.4. The van der Waals surface area contributed by atoms with Crippen LogP contribution in [0.4, 0.5) is 0 Å². The molecule has 1 amide bonds. The minimum atomic E-state index is -0.0925. The van der Waals surface area contributed by atoms with Gasteiger partial charge < -0.3 is 14.8 Å². The first-order valence-electron chi connectivity index (χ1n) is 9.49. The van der Waals surface area contributed by atoms with Gasteiger partial charge in [0.05, 0.1) is 19.3 Å². The maximum absolute atomic E-state index is 12.7. The first-order chi connectivity index (χ1) is 13.1. The Hall–Kier alpha value is -2.05. The predicted molar refractivity (Wildman–Crippen MR) is 109 cm³/mol. The summed E-state index contributed by atoms with van der Waals surface area (Å²) in [5, 5.41) is 5.20. The molecule has 3 rings (SSSR count). The summed E-state index contributed by atoms with van der Waals surface area (Å²) < 4.78 is 11.1. The molecule has 1 aliphatic heterocycles. The Morgan fingerprint density at radius 2 is 2.00 bits per heavy atom. The van der Waals surface area contributed by atoms with Crippen molar-refractivity contribution < 1.29 is 14.3 Å². The summed E-state index contributed by atoms with van der Waals surface area (Å²) in [5.41, 5.74) is 0.578. The van der Waals surface area contributed by atoms with Gasteiger partial charge in [-0.2, -0.15) is 0 Å². The fourth-order valence-electron chi connectivity index (χ4n) is 3.40. The number of benzene rings is 1. The predicted octanol–water partition coefficient (Wildman–Crippen LogP) is 4.11. The molecule has 1 aliphatic rings. The molecule has 2 aromatic rings. The van der Waals surface area contributed by atoms with Crippen molar-refractivity contribution in [3.05, 3.63) is 46.2 Å². The van der Waals surface area contributed by atoms with Gasteiger partial charge in [-0.05, 0) is 69.4 Å². The highest BCUT2D eigenvalue weighted by Gasteiger charge is 2.25. The molecule has 0 saturated carbocycles. The van der Waals surface area contributed by atoms with Crippen LogP contribution >= 0.6 is 11.3 Å². The molecule has 0 aliphatic carbocycles. The second-order valence-electron chi connectivity index (χ2n) is 7.02. The zero-order valence-electron chi connectivity index (χ0n) is 16.2. The van der Waals surface area contributed by atoms with E-state index in [0.29, 0.717) is 23.6 Å². The summed E-state index contributed by atoms with van der Waals surface area (Å²) in [7, 11) is 1.59. The highest BCUT2D eigenvalue weighted by molar-refractivity contribution is 7.10. The van der Waals surface area contributed by atoms with Crippen molar-refractivity contribution in [3.8, 4) is 11.5 Å². The van der Waals surface area contributed by atoms with Crippen LogP contribution in [0.1, 0.15) is 48.0 Å². The van der Waals surface area contributed by atoms with E-state index < -0.39 is 0 Å². The summed E-state index contributed by atoms with van der Waals surface area (Å²) in [5.74, 6) is 1.13. The topological polar surface area (TPSA) is 50.8 Å². The van der Waals surface area contributed by atoms with Crippen LogP contribution in [0.2, 0.25) is 0 Å². The van der Waals surface area contributed by atoms with Crippen LogP contribution in [0, 0.1) is 0 Å². The van der Waals surface area contributed by atoms with Gasteiger partial charge in [-0.1, -0.05) is 6.07 Å². The Bertz CT molecular complexity index is 740. The molecule has 1 atom stereocenters. The van der Waals surface area contributed by atoms with E-state index in [9.17, 15) is 4.79 Å². The molecule has 6 heteroatoms. The highest BCUT2D eigenvalue weighted by atomic mass is 32.1. The molecule has 1 fully saturated rings. The number of rotatable bonds is 8. The van der Waals surface area contributed by atoms with Crippen molar-refractivity contribution in [2.75, 3.05) is 26.7 Å². The molecule has 1 N–H and O–H groups in total. The van der Waals surface area contributed by atoms with Crippen LogP contribution in [0.3, 0.4) is 0 Å². The summed E-state index contributed by atoms with van der Waals surface area (Å²) in [6, 6.07) is 9.78. The summed E-state index contributed by atoms with van der Waals surface area (Å²) in [4.78, 5) is 16.5. The average Bonchev–Trinajstić information content (AvgIpc) is 3.36. The Balaban J connectivity index is 1.68. The third-order valence-corrected chi connectivity index (χ3v) is 5.67. The number of hydrogen-bond donors (Lipinski definition) is 1. The van der Waals surface area contributed by atoms with Crippen molar-refractivity contribution in [1.29, 1.82) is 0 Å². The molecule has 1 aromatic carbocycles. The second kappa shape index (κ2) is 9.24. The molecule has 5 nitrogen and oxygen atoms in total. The Kier molecular flexibility index (Phi) is 6.74. The monoisotopic (exact) mass is 388 g/mol. The fourth-order valence-corrected chi connectivity index (χ4v) is 4.26. The fraction of sp³-hybridized carbons (Fsp3) is 0.476. The van der Waals surface area contributed by atoms with Crippen LogP contribution in [0.15, 0.2) is 35.7 Å². The summed E-state index contributed by atoms with van der Waals surface area (Å²) >= 11 is 1.75. The lowest BCUT2D eigenvalue weighted by Gasteiger charge is -2.27. The van der Waals surface area contributed by atoms with Gasteiger partial charge in [-0.3, -0.25) is 9.69 Å². The highest BCUT2D eigenvalue weighted by Crippen LogP contribution is 2.30. The van der Waals surface area contributed by atoms with Crippen LogP contribution in [-0.4, -0.2) is 43.7 Å². The number of likely N-dealkylation sites (tertiary alicyclic amines) is 1. The summed E-state index contributed by atoms with van der Waals surface area (Å²) in [6.07, 6.45) is 2.50. The van der Waals surface area contributed by atoms with Crippen molar-refractivity contribution in [2.24, 2.45) is 0 Å². The third-order valence-electron chi connectivity index (χ3n) is 4.70. The van der Waals surface area contributed by atoms with Crippen molar-refractivity contribution in [3.63, 3.8) is 0 Å². The van der Waals surface area contributed by atoms with Crippen molar-refractivity contribution in [1.82, 2.24) is 10.2 Å². The third kappa shape index (κ3) is 5.02. The van der Waals surface area contributed by atoms with Gasteiger partial charge in [-0.15, -0.1) is 11.3 Å². The summed E-state index contributed by atoms with van der Waals surface area (Å²) in [6.45, 7) is 6.71. The number of nitrogens with zero attached hydrogens (tertiary/aromatic N) is 1. The molecule has 0 bridgehead atoms. The maximum atomic E-state index is 12.7. The van der Waals surface area contributed by atoms with Gasteiger partial charge in [0.25, 0.3) is 5.91 Å². The van der Waals surface area contributed by atoms with Crippen molar-refractivity contribution >= 4 is 17.2 Å². The normalized spacial score (nSPS) is 15.7. The number of methoxy groups -OCH3 is 1. The molecule has 0 spiro atoms. The molecule has 146 valence electrons. The van der Waals surface area contributed by atoms with E-state index in [1.54, 1.807) is 36.6 Å². The number of ether oxygens (including phenoxy) is 2. The van der Waals surface area contributed by atoms with Gasteiger partial charge in [0.1, 0.15) is 0 Å². The van der Waals surface area contributed by atoms with E-state index in [2.05, 4.69) is 27.7 Å². The Morgan fingerprint density at radius 1 is 1.22 bits per heavy atom. The van der Waals surface area contributed by atoms with Gasteiger partial charge >= 0.3 is 0 Å². The Morgan fingerprint density at radius 3 is 2.63 bits per heavy atom. The van der Waals surface area contributed by atoms with Gasteiger partial charge in [0.15, 0.2) is 11.5 Å². The molecular formula is C21H28N2O3S. The standard InChI is InChI=1S/C21H28N2O3S/c1-15(2)26-18-9-8-16(13-19(18)25-3)21(24)22-14-17(20-7-6-12-27-20)23-10-4-5-11-23/h6-9,12-13,15,17H,4-5,10-11,14H2,1-3H3,(H,22,24). The zero-order chi connectivity index (χ0) is 19.2. The number of carbonyl (C=O) groups excluding carboxylic acids is 1. The van der Waals surface area contributed by atoms with Gasteiger partial charge in [0, 0.05) is 17.0 Å². The number of hydrogen-bond acceptors (Lipinski definition) is 5.